The summed E-state index contributed by atoms with van der Waals surface area (Å²) in [6.07, 6.45) is 7.10. The third-order valence-corrected chi connectivity index (χ3v) is 4.78. The number of aryl methyl sites for hydroxylation is 1. The third kappa shape index (κ3) is 4.14. The number of benzene rings is 1. The number of nitrogens with two attached hydrogens (primary N) is 1. The normalized spacial score (nSPS) is 23.1. The van der Waals surface area contributed by atoms with Crippen molar-refractivity contribution in [1.29, 1.82) is 0 Å². The van der Waals surface area contributed by atoms with Crippen LogP contribution in [-0.2, 0) is 4.79 Å². The first-order chi connectivity index (χ1) is 12.0. The minimum absolute atomic E-state index is 0.00661. The summed E-state index contributed by atoms with van der Waals surface area (Å²) in [6.45, 7) is 3.90. The molecule has 2 atom stereocenters. The van der Waals surface area contributed by atoms with E-state index in [0.717, 1.165) is 36.9 Å². The molecule has 1 fully saturated rings. The summed E-state index contributed by atoms with van der Waals surface area (Å²) in [4.78, 5) is 20.7. The lowest BCUT2D eigenvalue weighted by atomic mass is 9.74. The molecule has 0 bridgehead atoms. The van der Waals surface area contributed by atoms with E-state index in [1.54, 1.807) is 24.5 Å². The summed E-state index contributed by atoms with van der Waals surface area (Å²) >= 11 is 0. The van der Waals surface area contributed by atoms with Crippen LogP contribution < -0.4 is 15.8 Å². The van der Waals surface area contributed by atoms with Crippen LogP contribution in [0.15, 0.2) is 36.7 Å². The number of rotatable bonds is 4. The largest absolute Gasteiger partial charge is 0.424 e. The standard InChI is InChI=1S/C19H24N4O2/c1-13-12-14(25-18-21-10-5-11-22-18)7-8-16(13)23-17(24)15-6-3-4-9-19(15,2)20/h5,7-8,10-12,15H,3-4,6,9,20H2,1-2H3,(H,23,24). The topological polar surface area (TPSA) is 90.1 Å². The number of carbonyl (C=O) groups is 1. The molecule has 0 radical (unpaired) electrons. The molecule has 1 heterocycles. The van der Waals surface area contributed by atoms with Gasteiger partial charge in [-0.1, -0.05) is 12.8 Å². The molecule has 6 nitrogen and oxygen atoms in total. The minimum Gasteiger partial charge on any atom is -0.424 e. The zero-order chi connectivity index (χ0) is 17.9. The maximum Gasteiger partial charge on any atom is 0.321 e. The van der Waals surface area contributed by atoms with Crippen LogP contribution in [-0.4, -0.2) is 21.4 Å². The number of amides is 1. The molecule has 25 heavy (non-hydrogen) atoms. The molecule has 3 rings (SSSR count). The molecule has 1 aliphatic rings. The summed E-state index contributed by atoms with van der Waals surface area (Å²) in [5.74, 6) is 0.463. The molecule has 2 unspecified atom stereocenters. The van der Waals surface area contributed by atoms with Crippen molar-refractivity contribution in [3.05, 3.63) is 42.2 Å². The van der Waals surface area contributed by atoms with E-state index in [4.69, 9.17) is 10.5 Å². The molecule has 1 amide bonds. The smallest absolute Gasteiger partial charge is 0.321 e. The number of ether oxygens (including phenoxy) is 1. The van der Waals surface area contributed by atoms with E-state index < -0.39 is 5.54 Å². The predicted molar refractivity (Wildman–Crippen MR) is 96.5 cm³/mol. The zero-order valence-electron chi connectivity index (χ0n) is 14.7. The summed E-state index contributed by atoms with van der Waals surface area (Å²) < 4.78 is 5.61. The van der Waals surface area contributed by atoms with E-state index >= 15 is 0 Å². The van der Waals surface area contributed by atoms with Gasteiger partial charge in [0.25, 0.3) is 0 Å². The van der Waals surface area contributed by atoms with Gasteiger partial charge in [-0.2, -0.15) is 0 Å². The fourth-order valence-corrected chi connectivity index (χ4v) is 3.29. The van der Waals surface area contributed by atoms with Crippen LogP contribution in [0.3, 0.4) is 0 Å². The number of hydrogen-bond acceptors (Lipinski definition) is 5. The Bertz CT molecular complexity index is 746. The Morgan fingerprint density at radius 3 is 2.76 bits per heavy atom. The quantitative estimate of drug-likeness (QED) is 0.890. The van der Waals surface area contributed by atoms with Gasteiger partial charge in [0.1, 0.15) is 5.75 Å². The summed E-state index contributed by atoms with van der Waals surface area (Å²) in [5.41, 5.74) is 7.57. The van der Waals surface area contributed by atoms with Crippen molar-refractivity contribution < 1.29 is 9.53 Å². The van der Waals surface area contributed by atoms with E-state index in [1.807, 2.05) is 26.0 Å². The highest BCUT2D eigenvalue weighted by Crippen LogP contribution is 2.33. The van der Waals surface area contributed by atoms with E-state index in [1.165, 1.54) is 0 Å². The molecular weight excluding hydrogens is 316 g/mol. The Hall–Kier alpha value is -2.47. The highest BCUT2D eigenvalue weighted by Gasteiger charge is 2.37. The molecule has 0 spiro atoms. The number of hydrogen-bond donors (Lipinski definition) is 2. The van der Waals surface area contributed by atoms with Gasteiger partial charge in [0.15, 0.2) is 0 Å². The van der Waals surface area contributed by atoms with Crippen molar-refractivity contribution >= 4 is 11.6 Å². The number of anilines is 1. The maximum atomic E-state index is 12.7. The molecule has 6 heteroatoms. The summed E-state index contributed by atoms with van der Waals surface area (Å²) in [7, 11) is 0. The first-order valence-corrected chi connectivity index (χ1v) is 8.61. The average molecular weight is 340 g/mol. The Kier molecular flexibility index (Phi) is 4.99. The van der Waals surface area contributed by atoms with Crippen molar-refractivity contribution in [2.24, 2.45) is 11.7 Å². The average Bonchev–Trinajstić information content (AvgIpc) is 2.58. The van der Waals surface area contributed by atoms with Gasteiger partial charge in [0.2, 0.25) is 5.91 Å². The SMILES string of the molecule is Cc1cc(Oc2ncccn2)ccc1NC(=O)C1CCCCC1(C)N. The number of nitrogens with zero attached hydrogens (tertiary/aromatic N) is 2. The van der Waals surface area contributed by atoms with Crippen LogP contribution >= 0.6 is 0 Å². The van der Waals surface area contributed by atoms with Gasteiger partial charge < -0.3 is 15.8 Å². The third-order valence-electron chi connectivity index (χ3n) is 4.78. The van der Waals surface area contributed by atoms with Gasteiger partial charge in [-0.3, -0.25) is 4.79 Å². The molecule has 0 saturated heterocycles. The van der Waals surface area contributed by atoms with Crippen molar-refractivity contribution in [2.45, 2.75) is 45.1 Å². The van der Waals surface area contributed by atoms with Crippen molar-refractivity contribution in [3.8, 4) is 11.8 Å². The Balaban J connectivity index is 1.70. The van der Waals surface area contributed by atoms with Crippen LogP contribution in [0, 0.1) is 12.8 Å². The molecule has 2 aromatic rings. The van der Waals surface area contributed by atoms with Gasteiger partial charge in [-0.05, 0) is 56.5 Å². The van der Waals surface area contributed by atoms with Gasteiger partial charge in [0, 0.05) is 23.6 Å². The fraction of sp³-hybridized carbons (Fsp3) is 0.421. The first kappa shape index (κ1) is 17.4. The van der Waals surface area contributed by atoms with E-state index in [0.29, 0.717) is 11.8 Å². The van der Waals surface area contributed by atoms with E-state index in [-0.39, 0.29) is 11.8 Å². The van der Waals surface area contributed by atoms with Crippen LogP contribution in [0.25, 0.3) is 0 Å². The second kappa shape index (κ2) is 7.19. The zero-order valence-corrected chi connectivity index (χ0v) is 14.7. The molecular formula is C19H24N4O2. The second-order valence-corrected chi connectivity index (χ2v) is 6.90. The van der Waals surface area contributed by atoms with Gasteiger partial charge in [0.05, 0.1) is 5.92 Å². The van der Waals surface area contributed by atoms with Crippen LogP contribution in [0.5, 0.6) is 11.8 Å². The molecule has 1 aliphatic carbocycles. The first-order valence-electron chi connectivity index (χ1n) is 8.61. The van der Waals surface area contributed by atoms with Gasteiger partial charge in [-0.25, -0.2) is 9.97 Å². The lowest BCUT2D eigenvalue weighted by molar-refractivity contribution is -0.122. The summed E-state index contributed by atoms with van der Waals surface area (Å²) in [6, 6.07) is 7.51. The van der Waals surface area contributed by atoms with Crippen molar-refractivity contribution in [1.82, 2.24) is 9.97 Å². The lowest BCUT2D eigenvalue weighted by Gasteiger charge is -2.37. The van der Waals surface area contributed by atoms with Crippen LogP contribution in [0.2, 0.25) is 0 Å². The molecule has 132 valence electrons. The second-order valence-electron chi connectivity index (χ2n) is 6.90. The highest BCUT2D eigenvalue weighted by molar-refractivity contribution is 5.94. The van der Waals surface area contributed by atoms with Crippen LogP contribution in [0.4, 0.5) is 5.69 Å². The van der Waals surface area contributed by atoms with E-state index in [9.17, 15) is 4.79 Å². The van der Waals surface area contributed by atoms with Gasteiger partial charge in [-0.15, -0.1) is 0 Å². The lowest BCUT2D eigenvalue weighted by Crippen LogP contribution is -2.51. The van der Waals surface area contributed by atoms with Crippen molar-refractivity contribution in [3.63, 3.8) is 0 Å². The van der Waals surface area contributed by atoms with Crippen molar-refractivity contribution in [2.75, 3.05) is 5.32 Å². The molecule has 1 aromatic carbocycles. The van der Waals surface area contributed by atoms with Crippen LogP contribution in [0.1, 0.15) is 38.2 Å². The Morgan fingerprint density at radius 1 is 1.32 bits per heavy atom. The molecule has 3 N–H and O–H groups in total. The number of aromatic nitrogens is 2. The maximum absolute atomic E-state index is 12.7. The molecule has 1 aromatic heterocycles. The fourth-order valence-electron chi connectivity index (χ4n) is 3.29. The minimum atomic E-state index is -0.441. The Labute approximate surface area is 147 Å². The Morgan fingerprint density at radius 2 is 2.08 bits per heavy atom. The van der Waals surface area contributed by atoms with Gasteiger partial charge >= 0.3 is 6.01 Å². The highest BCUT2D eigenvalue weighted by atomic mass is 16.5. The predicted octanol–water partition coefficient (Wildman–Crippen LogP) is 3.42. The number of nitrogens with one attached hydrogen (secondary N) is 1. The summed E-state index contributed by atoms with van der Waals surface area (Å²) in [5, 5.41) is 3.02. The molecule has 1 saturated carbocycles. The molecule has 0 aliphatic heterocycles. The monoisotopic (exact) mass is 340 g/mol. The van der Waals surface area contributed by atoms with E-state index in [2.05, 4.69) is 15.3 Å². The number of carbonyl (C=O) groups excluding carboxylic acids is 1.